The number of likely N-dealkylation sites (tertiary alicyclic amines) is 1. The minimum atomic E-state index is 0.322. The summed E-state index contributed by atoms with van der Waals surface area (Å²) < 4.78 is 8.36. The van der Waals surface area contributed by atoms with Crippen LogP contribution in [0.4, 0.5) is 0 Å². The molecule has 0 aliphatic carbocycles. The Morgan fingerprint density at radius 3 is 2.64 bits per heavy atom. The molecule has 2 fully saturated rings. The molecule has 1 atom stereocenters. The van der Waals surface area contributed by atoms with E-state index in [-0.39, 0.29) is 0 Å². The van der Waals surface area contributed by atoms with E-state index in [2.05, 4.69) is 31.5 Å². The number of hydrogen-bond acceptors (Lipinski definition) is 5. The van der Waals surface area contributed by atoms with Crippen molar-refractivity contribution in [1.29, 1.82) is 0 Å². The summed E-state index contributed by atoms with van der Waals surface area (Å²) in [5.41, 5.74) is 1.57. The normalized spacial score (nSPS) is 23.8. The van der Waals surface area contributed by atoms with Gasteiger partial charge in [0.25, 0.3) is 0 Å². The molecule has 6 heteroatoms. The van der Waals surface area contributed by atoms with Gasteiger partial charge in [0, 0.05) is 38.3 Å². The summed E-state index contributed by atoms with van der Waals surface area (Å²) in [4.78, 5) is 15.2. The lowest BCUT2D eigenvalue weighted by Gasteiger charge is -2.45. The average molecular weight is 341 g/mol. The minimum absolute atomic E-state index is 0.322. The van der Waals surface area contributed by atoms with Gasteiger partial charge in [0.05, 0.1) is 19.3 Å². The lowest BCUT2D eigenvalue weighted by Crippen LogP contribution is -2.46. The highest BCUT2D eigenvalue weighted by Crippen LogP contribution is 2.41. The molecule has 2 saturated heterocycles. The zero-order chi connectivity index (χ0) is 17.1. The molecular weight excluding hydrogens is 314 g/mol. The van der Waals surface area contributed by atoms with Crippen molar-refractivity contribution in [2.75, 3.05) is 19.7 Å². The summed E-state index contributed by atoms with van der Waals surface area (Å²) in [6.45, 7) is 4.15. The first-order valence-corrected chi connectivity index (χ1v) is 9.27. The van der Waals surface area contributed by atoms with Gasteiger partial charge in [-0.15, -0.1) is 0 Å². The number of rotatable bonds is 4. The summed E-state index contributed by atoms with van der Waals surface area (Å²) in [5.74, 6) is 1.15. The lowest BCUT2D eigenvalue weighted by atomic mass is 9.73. The molecule has 0 saturated carbocycles. The molecule has 4 rings (SSSR count). The number of aromatic nitrogens is 4. The molecule has 0 unspecified atom stereocenters. The van der Waals surface area contributed by atoms with Crippen molar-refractivity contribution < 1.29 is 4.74 Å². The Kier molecular flexibility index (Phi) is 4.81. The predicted octanol–water partition coefficient (Wildman–Crippen LogP) is 2.21. The van der Waals surface area contributed by atoms with Crippen LogP contribution in [0.1, 0.15) is 37.1 Å². The Morgan fingerprint density at radius 2 is 2.00 bits per heavy atom. The zero-order valence-electron chi connectivity index (χ0n) is 15.0. The second-order valence-corrected chi connectivity index (χ2v) is 7.65. The molecule has 0 amide bonds. The van der Waals surface area contributed by atoms with E-state index < -0.39 is 0 Å². The SMILES string of the molecule is Cn1ccnc1CN1CCC2(CC[C@H](Cc3cncnc3)OC2)CC1. The molecule has 6 nitrogen and oxygen atoms in total. The molecule has 25 heavy (non-hydrogen) atoms. The van der Waals surface area contributed by atoms with Crippen LogP contribution in [-0.2, 0) is 24.8 Å². The monoisotopic (exact) mass is 341 g/mol. The fraction of sp³-hybridized carbons (Fsp3) is 0.632. The summed E-state index contributed by atoms with van der Waals surface area (Å²) >= 11 is 0. The van der Waals surface area contributed by atoms with Gasteiger partial charge < -0.3 is 9.30 Å². The summed E-state index contributed by atoms with van der Waals surface area (Å²) in [6, 6.07) is 0. The Morgan fingerprint density at radius 1 is 1.20 bits per heavy atom. The number of nitrogens with zero attached hydrogens (tertiary/aromatic N) is 5. The summed E-state index contributed by atoms with van der Waals surface area (Å²) in [7, 11) is 2.07. The fourth-order valence-electron chi connectivity index (χ4n) is 4.11. The van der Waals surface area contributed by atoms with E-state index in [4.69, 9.17) is 4.74 Å². The van der Waals surface area contributed by atoms with E-state index in [1.165, 1.54) is 24.8 Å². The third kappa shape index (κ3) is 3.90. The molecule has 4 heterocycles. The highest BCUT2D eigenvalue weighted by Gasteiger charge is 2.38. The van der Waals surface area contributed by atoms with Crippen LogP contribution in [0.2, 0.25) is 0 Å². The van der Waals surface area contributed by atoms with Crippen molar-refractivity contribution >= 4 is 0 Å². The molecule has 0 radical (unpaired) electrons. The van der Waals surface area contributed by atoms with Gasteiger partial charge in [-0.1, -0.05) is 0 Å². The van der Waals surface area contributed by atoms with Crippen LogP contribution >= 0.6 is 0 Å². The van der Waals surface area contributed by atoms with E-state index in [1.54, 1.807) is 6.33 Å². The van der Waals surface area contributed by atoms with Gasteiger partial charge in [0.15, 0.2) is 0 Å². The third-order valence-electron chi connectivity index (χ3n) is 5.90. The minimum Gasteiger partial charge on any atom is -0.377 e. The average Bonchev–Trinajstić information content (AvgIpc) is 3.05. The second kappa shape index (κ2) is 7.22. The Labute approximate surface area is 149 Å². The van der Waals surface area contributed by atoms with Gasteiger partial charge in [0.2, 0.25) is 0 Å². The van der Waals surface area contributed by atoms with Crippen molar-refractivity contribution in [3.8, 4) is 0 Å². The van der Waals surface area contributed by atoms with Crippen molar-refractivity contribution in [1.82, 2.24) is 24.4 Å². The topological polar surface area (TPSA) is 56.1 Å². The van der Waals surface area contributed by atoms with E-state index in [1.807, 2.05) is 24.8 Å². The molecule has 2 aromatic rings. The van der Waals surface area contributed by atoms with Crippen LogP contribution in [-0.4, -0.2) is 50.2 Å². The molecule has 0 N–H and O–H groups in total. The molecular formula is C19H27N5O. The van der Waals surface area contributed by atoms with Crippen LogP contribution in [0, 0.1) is 5.41 Å². The Hall–Kier alpha value is -1.79. The quantitative estimate of drug-likeness (QED) is 0.853. The molecule has 2 aliphatic heterocycles. The Bertz CT molecular complexity index is 668. The van der Waals surface area contributed by atoms with Crippen molar-refractivity contribution in [2.24, 2.45) is 12.5 Å². The first kappa shape index (κ1) is 16.7. The van der Waals surface area contributed by atoms with Crippen molar-refractivity contribution in [3.05, 3.63) is 42.5 Å². The molecule has 2 aliphatic rings. The van der Waals surface area contributed by atoms with E-state index in [9.17, 15) is 0 Å². The van der Waals surface area contributed by atoms with Gasteiger partial charge in [-0.2, -0.15) is 0 Å². The van der Waals surface area contributed by atoms with Gasteiger partial charge in [-0.05, 0) is 49.8 Å². The second-order valence-electron chi connectivity index (χ2n) is 7.65. The smallest absolute Gasteiger partial charge is 0.122 e. The first-order chi connectivity index (χ1) is 12.2. The number of imidazole rings is 1. The van der Waals surface area contributed by atoms with Gasteiger partial charge in [0.1, 0.15) is 12.2 Å². The highest BCUT2D eigenvalue weighted by molar-refractivity contribution is 5.05. The maximum absolute atomic E-state index is 6.24. The molecule has 1 spiro atoms. The molecule has 134 valence electrons. The van der Waals surface area contributed by atoms with Crippen LogP contribution in [0.5, 0.6) is 0 Å². The number of piperidine rings is 1. The van der Waals surface area contributed by atoms with Crippen LogP contribution in [0.25, 0.3) is 0 Å². The number of ether oxygens (including phenoxy) is 1. The lowest BCUT2D eigenvalue weighted by molar-refractivity contribution is -0.0860. The van der Waals surface area contributed by atoms with E-state index in [0.717, 1.165) is 44.9 Å². The van der Waals surface area contributed by atoms with Gasteiger partial charge in [-0.3, -0.25) is 4.90 Å². The Balaban J connectivity index is 1.26. The maximum Gasteiger partial charge on any atom is 0.122 e. The van der Waals surface area contributed by atoms with Gasteiger partial charge in [-0.25, -0.2) is 15.0 Å². The predicted molar refractivity (Wildman–Crippen MR) is 94.9 cm³/mol. The molecule has 0 aromatic carbocycles. The van der Waals surface area contributed by atoms with Crippen LogP contribution in [0.15, 0.2) is 31.1 Å². The van der Waals surface area contributed by atoms with Gasteiger partial charge >= 0.3 is 0 Å². The largest absolute Gasteiger partial charge is 0.377 e. The van der Waals surface area contributed by atoms with Crippen molar-refractivity contribution in [2.45, 2.75) is 44.8 Å². The molecule has 2 aromatic heterocycles. The van der Waals surface area contributed by atoms with E-state index in [0.29, 0.717) is 11.5 Å². The standard InChI is InChI=1S/C19H27N5O/c1-23-9-6-22-18(23)13-24-7-4-19(5-8-24)3-2-17(25-14-19)10-16-11-20-15-21-12-16/h6,9,11-12,15,17H,2-5,7-8,10,13-14H2,1H3/t17-/m1/s1. The van der Waals surface area contributed by atoms with E-state index >= 15 is 0 Å². The van der Waals surface area contributed by atoms with Crippen molar-refractivity contribution in [3.63, 3.8) is 0 Å². The highest BCUT2D eigenvalue weighted by atomic mass is 16.5. The summed E-state index contributed by atoms with van der Waals surface area (Å²) in [5, 5.41) is 0. The zero-order valence-corrected chi connectivity index (χ0v) is 15.0. The van der Waals surface area contributed by atoms with Crippen LogP contribution in [0.3, 0.4) is 0 Å². The first-order valence-electron chi connectivity index (χ1n) is 9.27. The van der Waals surface area contributed by atoms with Crippen LogP contribution < -0.4 is 0 Å². The third-order valence-corrected chi connectivity index (χ3v) is 5.90. The number of hydrogen-bond donors (Lipinski definition) is 0. The number of aryl methyl sites for hydroxylation is 1. The maximum atomic E-state index is 6.24. The fourth-order valence-corrected chi connectivity index (χ4v) is 4.11. The molecule has 0 bridgehead atoms. The summed E-state index contributed by atoms with van der Waals surface area (Å²) in [6.07, 6.45) is 15.4.